The highest BCUT2D eigenvalue weighted by atomic mass is 32.2. The van der Waals surface area contributed by atoms with Crippen molar-refractivity contribution in [2.45, 2.75) is 31.3 Å². The molecule has 0 aromatic heterocycles. The smallest absolute Gasteiger partial charge is 0.167 e. The van der Waals surface area contributed by atoms with Gasteiger partial charge >= 0.3 is 0 Å². The number of hydrogen-bond donors (Lipinski definition) is 0. The maximum atomic E-state index is 12.3. The summed E-state index contributed by atoms with van der Waals surface area (Å²) in [6.45, 7) is 3.34. The Morgan fingerprint density at radius 1 is 0.958 bits per heavy atom. The maximum Gasteiger partial charge on any atom is 0.167 e. The Morgan fingerprint density at radius 3 is 2.00 bits per heavy atom. The van der Waals surface area contributed by atoms with Gasteiger partial charge in [0.1, 0.15) is 5.75 Å². The molecule has 2 rings (SSSR count). The number of rotatable bonds is 7. The number of benzene rings is 2. The molecule has 24 heavy (non-hydrogen) atoms. The van der Waals surface area contributed by atoms with Gasteiger partial charge < -0.3 is 4.74 Å². The summed E-state index contributed by atoms with van der Waals surface area (Å²) in [7, 11) is -1.54. The van der Waals surface area contributed by atoms with E-state index in [1.54, 1.807) is 45.2 Å². The van der Waals surface area contributed by atoms with E-state index in [1.165, 1.54) is 0 Å². The van der Waals surface area contributed by atoms with Gasteiger partial charge in [-0.05, 0) is 37.1 Å². The molecule has 5 heteroatoms. The fourth-order valence-corrected chi connectivity index (χ4v) is 3.21. The Morgan fingerprint density at radius 2 is 1.50 bits per heavy atom. The zero-order valence-corrected chi connectivity index (χ0v) is 15.0. The van der Waals surface area contributed by atoms with Crippen molar-refractivity contribution in [2.24, 2.45) is 0 Å². The van der Waals surface area contributed by atoms with Crippen LogP contribution in [-0.4, -0.2) is 26.6 Å². The van der Waals surface area contributed by atoms with Gasteiger partial charge in [-0.2, -0.15) is 0 Å². The van der Waals surface area contributed by atoms with E-state index in [1.807, 2.05) is 24.3 Å². The van der Waals surface area contributed by atoms with Crippen molar-refractivity contribution >= 4 is 15.6 Å². The van der Waals surface area contributed by atoms with Crippen molar-refractivity contribution in [1.82, 2.24) is 0 Å². The van der Waals surface area contributed by atoms with Crippen LogP contribution >= 0.6 is 0 Å². The van der Waals surface area contributed by atoms with Gasteiger partial charge in [0.15, 0.2) is 15.6 Å². The summed E-state index contributed by atoms with van der Waals surface area (Å²) in [4.78, 5) is 12.3. The number of carbonyl (C=O) groups excluding carboxylic acids is 1. The lowest BCUT2D eigenvalue weighted by molar-refractivity contribution is 0.0993. The lowest BCUT2D eigenvalue weighted by Gasteiger charge is -2.08. The molecule has 0 atom stereocenters. The Kier molecular flexibility index (Phi) is 5.78. The van der Waals surface area contributed by atoms with Gasteiger partial charge in [-0.3, -0.25) is 4.79 Å². The lowest BCUT2D eigenvalue weighted by Crippen LogP contribution is -2.16. The summed E-state index contributed by atoms with van der Waals surface area (Å²) in [5.74, 6) is 0.748. The van der Waals surface area contributed by atoms with Crippen LogP contribution in [0.25, 0.3) is 0 Å². The maximum absolute atomic E-state index is 12.3. The summed E-state index contributed by atoms with van der Waals surface area (Å²) in [5.41, 5.74) is 2.19. The third-order valence-electron chi connectivity index (χ3n) is 3.89. The van der Waals surface area contributed by atoms with Gasteiger partial charge in [-0.25, -0.2) is 8.42 Å². The number of Topliss-reactive ketones (excluding diaryl/α,β-unsaturated/α-hetero) is 1. The topological polar surface area (TPSA) is 60.4 Å². The predicted octanol–water partition coefficient (Wildman–Crippen LogP) is 3.44. The highest BCUT2D eigenvalue weighted by molar-refractivity contribution is 7.91. The van der Waals surface area contributed by atoms with Gasteiger partial charge in [-0.15, -0.1) is 0 Å². The summed E-state index contributed by atoms with van der Waals surface area (Å²) in [6.07, 6.45) is 0.299. The molecule has 4 nitrogen and oxygen atoms in total. The van der Waals surface area contributed by atoms with Crippen LogP contribution in [-0.2, 0) is 22.0 Å². The molecule has 0 unspecified atom stereocenters. The first-order valence-corrected chi connectivity index (χ1v) is 9.50. The summed E-state index contributed by atoms with van der Waals surface area (Å²) in [5, 5.41) is -0.408. The molecule has 0 saturated heterocycles. The minimum Gasteiger partial charge on any atom is -0.497 e. The average Bonchev–Trinajstić information content (AvgIpc) is 2.55. The van der Waals surface area contributed by atoms with E-state index in [4.69, 9.17) is 4.74 Å². The van der Waals surface area contributed by atoms with E-state index in [0.717, 1.165) is 11.3 Å². The molecule has 0 saturated carbocycles. The fraction of sp³-hybridized carbons (Fsp3) is 0.316. The number of hydrogen-bond acceptors (Lipinski definition) is 4. The number of carbonyl (C=O) groups is 1. The van der Waals surface area contributed by atoms with E-state index in [-0.39, 0.29) is 11.5 Å². The third-order valence-corrected chi connectivity index (χ3v) is 6.06. The average molecular weight is 346 g/mol. The zero-order chi connectivity index (χ0) is 17.7. The quantitative estimate of drug-likeness (QED) is 0.721. The van der Waals surface area contributed by atoms with Gasteiger partial charge in [0, 0.05) is 12.0 Å². The van der Waals surface area contributed by atoms with Gasteiger partial charge in [0.2, 0.25) is 0 Å². The molecule has 0 N–H and O–H groups in total. The number of ether oxygens (including phenoxy) is 1. The normalized spacial score (nSPS) is 11.5. The molecule has 0 bridgehead atoms. The Labute approximate surface area is 143 Å². The van der Waals surface area contributed by atoms with Crippen molar-refractivity contribution in [2.75, 3.05) is 7.11 Å². The lowest BCUT2D eigenvalue weighted by atomic mass is 10.0. The molecular formula is C19H22O4S. The molecular weight excluding hydrogens is 324 g/mol. The second-order valence-corrected chi connectivity index (χ2v) is 8.56. The van der Waals surface area contributed by atoms with Crippen molar-refractivity contribution in [3.8, 4) is 5.75 Å². The number of sulfone groups is 1. The standard InChI is InChI=1S/C19H22O4S/c1-14(2)24(21,22)13-16-4-8-17(9-5-16)19(20)12-15-6-10-18(23-3)11-7-15/h4-11,14H,12-13H2,1-3H3. The van der Waals surface area contributed by atoms with Crippen molar-refractivity contribution in [1.29, 1.82) is 0 Å². The second kappa shape index (κ2) is 7.62. The van der Waals surface area contributed by atoms with Gasteiger partial charge in [0.25, 0.3) is 0 Å². The van der Waals surface area contributed by atoms with Crippen LogP contribution in [0, 0.1) is 0 Å². The van der Waals surface area contributed by atoms with E-state index >= 15 is 0 Å². The second-order valence-electron chi connectivity index (χ2n) is 6.00. The molecule has 0 spiro atoms. The van der Waals surface area contributed by atoms with Crippen LogP contribution in [0.3, 0.4) is 0 Å². The first-order chi connectivity index (χ1) is 11.3. The van der Waals surface area contributed by atoms with Crippen molar-refractivity contribution in [3.05, 3.63) is 65.2 Å². The molecule has 0 aliphatic heterocycles. The molecule has 2 aromatic carbocycles. The molecule has 0 radical (unpaired) electrons. The monoisotopic (exact) mass is 346 g/mol. The number of ketones is 1. The van der Waals surface area contributed by atoms with E-state index in [9.17, 15) is 13.2 Å². The van der Waals surface area contributed by atoms with Crippen molar-refractivity contribution < 1.29 is 17.9 Å². The molecule has 0 amide bonds. The van der Waals surface area contributed by atoms with E-state index in [2.05, 4.69) is 0 Å². The third kappa shape index (κ3) is 4.68. The van der Waals surface area contributed by atoms with Crippen LogP contribution < -0.4 is 4.74 Å². The summed E-state index contributed by atoms with van der Waals surface area (Å²) >= 11 is 0. The van der Waals surface area contributed by atoms with E-state index in [0.29, 0.717) is 17.5 Å². The predicted molar refractivity (Wildman–Crippen MR) is 95.2 cm³/mol. The highest BCUT2D eigenvalue weighted by Gasteiger charge is 2.17. The fourth-order valence-electron chi connectivity index (χ4n) is 2.22. The Balaban J connectivity index is 2.05. The first kappa shape index (κ1) is 18.2. The SMILES string of the molecule is COc1ccc(CC(=O)c2ccc(CS(=O)(=O)C(C)C)cc2)cc1. The summed E-state index contributed by atoms with van der Waals surface area (Å²) < 4.78 is 29.0. The van der Waals surface area contributed by atoms with Crippen molar-refractivity contribution in [3.63, 3.8) is 0 Å². The molecule has 128 valence electrons. The van der Waals surface area contributed by atoms with Crippen LogP contribution in [0.5, 0.6) is 5.75 Å². The minimum atomic E-state index is -3.14. The Bertz CT molecular complexity index is 788. The molecule has 0 fully saturated rings. The summed E-state index contributed by atoms with van der Waals surface area (Å²) in [6, 6.07) is 14.2. The Hall–Kier alpha value is -2.14. The van der Waals surface area contributed by atoms with Gasteiger partial charge in [-0.1, -0.05) is 36.4 Å². The van der Waals surface area contributed by atoms with Crippen LogP contribution in [0.15, 0.2) is 48.5 Å². The van der Waals surface area contributed by atoms with Crippen LogP contribution in [0.2, 0.25) is 0 Å². The van der Waals surface area contributed by atoms with Crippen LogP contribution in [0.4, 0.5) is 0 Å². The molecule has 0 aliphatic carbocycles. The molecule has 2 aromatic rings. The molecule has 0 heterocycles. The first-order valence-electron chi connectivity index (χ1n) is 7.78. The number of methoxy groups -OCH3 is 1. The molecule has 0 aliphatic rings. The van der Waals surface area contributed by atoms with Gasteiger partial charge in [0.05, 0.1) is 18.1 Å². The minimum absolute atomic E-state index is 0.00145. The zero-order valence-electron chi connectivity index (χ0n) is 14.2. The highest BCUT2D eigenvalue weighted by Crippen LogP contribution is 2.16. The van der Waals surface area contributed by atoms with E-state index < -0.39 is 15.1 Å². The van der Waals surface area contributed by atoms with Crippen LogP contribution in [0.1, 0.15) is 35.3 Å². The largest absolute Gasteiger partial charge is 0.497 e.